The van der Waals surface area contributed by atoms with Crippen molar-refractivity contribution in [2.75, 3.05) is 33.8 Å². The number of likely N-dealkylation sites (N-methyl/N-ethyl adjacent to an activating group) is 2. The normalized spacial score (nSPS) is 12.0. The quantitative estimate of drug-likeness (QED) is 0.173. The lowest BCUT2D eigenvalue weighted by Crippen LogP contribution is -2.36. The Morgan fingerprint density at radius 3 is 2.56 bits per heavy atom. The molecule has 41 heavy (non-hydrogen) atoms. The van der Waals surface area contributed by atoms with Gasteiger partial charge in [0.2, 0.25) is 11.8 Å². The zero-order valence-electron chi connectivity index (χ0n) is 22.9. The van der Waals surface area contributed by atoms with Crippen molar-refractivity contribution >= 4 is 35.0 Å². The second-order valence-electron chi connectivity index (χ2n) is 9.75. The summed E-state index contributed by atoms with van der Waals surface area (Å²) in [5, 5.41) is 31.1. The van der Waals surface area contributed by atoms with E-state index in [1.807, 2.05) is 31.0 Å². The molecule has 4 aromatic rings. The number of nitrogens with zero attached hydrogens (tertiary/aromatic N) is 3. The largest absolute Gasteiger partial charge is 0.493 e. The monoisotopic (exact) mass is 598 g/mol. The summed E-state index contributed by atoms with van der Waals surface area (Å²) in [5.74, 6) is -0.564. The molecule has 0 spiro atoms. The van der Waals surface area contributed by atoms with Crippen LogP contribution in [0.1, 0.15) is 34.6 Å². The van der Waals surface area contributed by atoms with Crippen molar-refractivity contribution in [3.05, 3.63) is 81.6 Å². The Hall–Kier alpha value is -3.83. The molecular formula is C29H32Cl2N6O4. The summed E-state index contributed by atoms with van der Waals surface area (Å²) in [6.07, 6.45) is 1.61. The van der Waals surface area contributed by atoms with Gasteiger partial charge in [0.25, 0.3) is 5.91 Å². The molecule has 2 aromatic carbocycles. The van der Waals surface area contributed by atoms with Crippen LogP contribution in [0.25, 0.3) is 22.4 Å². The molecule has 1 atom stereocenters. The van der Waals surface area contributed by atoms with Gasteiger partial charge in [0.15, 0.2) is 0 Å². The number of nitrogens with one attached hydrogen (secondary N) is 3. The lowest BCUT2D eigenvalue weighted by Gasteiger charge is -2.21. The van der Waals surface area contributed by atoms with Gasteiger partial charge in [-0.3, -0.25) is 14.5 Å². The van der Waals surface area contributed by atoms with Crippen LogP contribution >= 0.6 is 23.2 Å². The molecule has 5 N–H and O–H groups in total. The van der Waals surface area contributed by atoms with E-state index >= 15 is 0 Å². The Kier molecular flexibility index (Phi) is 9.72. The van der Waals surface area contributed by atoms with Crippen LogP contribution in [0.4, 0.5) is 0 Å². The first-order chi connectivity index (χ1) is 19.6. The number of H-pyrrole nitrogens is 2. The van der Waals surface area contributed by atoms with E-state index in [0.717, 1.165) is 5.56 Å². The van der Waals surface area contributed by atoms with E-state index in [-0.39, 0.29) is 30.6 Å². The Morgan fingerprint density at radius 2 is 1.88 bits per heavy atom. The third-order valence-corrected chi connectivity index (χ3v) is 7.36. The third kappa shape index (κ3) is 7.09. The fourth-order valence-corrected chi connectivity index (χ4v) is 4.82. The van der Waals surface area contributed by atoms with E-state index in [9.17, 15) is 19.8 Å². The minimum absolute atomic E-state index is 0.0200. The molecule has 0 radical (unpaired) electrons. The molecule has 0 unspecified atom stereocenters. The van der Waals surface area contributed by atoms with E-state index in [2.05, 4.69) is 20.5 Å². The molecule has 2 aromatic heterocycles. The average Bonchev–Trinajstić information content (AvgIpc) is 3.59. The molecule has 216 valence electrons. The summed E-state index contributed by atoms with van der Waals surface area (Å²) in [7, 11) is 3.61. The molecule has 0 aliphatic heterocycles. The summed E-state index contributed by atoms with van der Waals surface area (Å²) < 4.78 is 0. The summed E-state index contributed by atoms with van der Waals surface area (Å²) in [6, 6.07) is 13.3. The van der Waals surface area contributed by atoms with Crippen molar-refractivity contribution in [3.63, 3.8) is 0 Å². The zero-order valence-corrected chi connectivity index (χ0v) is 24.4. The number of carbonyl (C=O) groups excluding carboxylic acids is 2. The molecule has 0 fully saturated rings. The Labute approximate surface area is 247 Å². The number of aromatic amines is 2. The van der Waals surface area contributed by atoms with Crippen LogP contribution in [0, 0.1) is 0 Å². The molecule has 2 heterocycles. The topological polar surface area (TPSA) is 138 Å². The van der Waals surface area contributed by atoms with Crippen molar-refractivity contribution in [3.8, 4) is 28.3 Å². The van der Waals surface area contributed by atoms with Crippen LogP contribution in [-0.2, 0) is 11.3 Å². The summed E-state index contributed by atoms with van der Waals surface area (Å²) in [4.78, 5) is 31.7. The number of rotatable bonds is 11. The number of hydrogen-bond acceptors (Lipinski definition) is 6. The van der Waals surface area contributed by atoms with Crippen LogP contribution in [0.2, 0.25) is 10.0 Å². The number of benzene rings is 2. The molecule has 12 heteroatoms. The summed E-state index contributed by atoms with van der Waals surface area (Å²) >= 11 is 12.7. The third-order valence-electron chi connectivity index (χ3n) is 6.77. The maximum Gasteiger partial charge on any atom is 0.268 e. The number of aliphatic hydroxyl groups is 1. The first kappa shape index (κ1) is 30.1. The second-order valence-corrected chi connectivity index (χ2v) is 10.6. The van der Waals surface area contributed by atoms with Gasteiger partial charge in [0, 0.05) is 41.9 Å². The molecule has 10 nitrogen and oxygen atoms in total. The first-order valence-electron chi connectivity index (χ1n) is 13.0. The van der Waals surface area contributed by atoms with Crippen LogP contribution in [0.3, 0.4) is 0 Å². The highest BCUT2D eigenvalue weighted by molar-refractivity contribution is 6.31. The maximum atomic E-state index is 13.0. The van der Waals surface area contributed by atoms with Gasteiger partial charge in [-0.25, -0.2) is 5.10 Å². The SMILES string of the molecule is CCN(C)C(=O)CN(C)Cc1ccc(-c2c(-c3c[nH]c(C(=O)N[C@H](CO)c4cccc(Cl)c4)c3)n[nH]c2O)cc1Cl. The van der Waals surface area contributed by atoms with Crippen molar-refractivity contribution in [1.82, 2.24) is 30.3 Å². The second kappa shape index (κ2) is 13.2. The predicted octanol–water partition coefficient (Wildman–Crippen LogP) is 4.46. The van der Waals surface area contributed by atoms with Crippen molar-refractivity contribution < 1.29 is 19.8 Å². The molecular weight excluding hydrogens is 567 g/mol. The number of hydrogen-bond donors (Lipinski definition) is 5. The number of halogens is 2. The van der Waals surface area contributed by atoms with Crippen molar-refractivity contribution in [2.45, 2.75) is 19.5 Å². The van der Waals surface area contributed by atoms with Crippen LogP contribution in [-0.4, -0.2) is 80.8 Å². The van der Waals surface area contributed by atoms with Crippen LogP contribution < -0.4 is 5.32 Å². The van der Waals surface area contributed by atoms with Crippen LogP contribution in [0.5, 0.6) is 5.88 Å². The maximum absolute atomic E-state index is 13.0. The van der Waals surface area contributed by atoms with E-state index in [1.165, 1.54) is 0 Å². The lowest BCUT2D eigenvalue weighted by atomic mass is 10.0. The predicted molar refractivity (Wildman–Crippen MR) is 159 cm³/mol. The Morgan fingerprint density at radius 1 is 1.10 bits per heavy atom. The van der Waals surface area contributed by atoms with E-state index in [1.54, 1.807) is 54.5 Å². The van der Waals surface area contributed by atoms with E-state index < -0.39 is 11.9 Å². The zero-order chi connectivity index (χ0) is 29.7. The molecule has 0 aliphatic carbocycles. The minimum Gasteiger partial charge on any atom is -0.493 e. The number of aromatic nitrogens is 3. The smallest absolute Gasteiger partial charge is 0.268 e. The standard InChI is InChI=1S/C29H32Cl2N6O4/c1-4-37(3)25(39)15-36(2)14-19-9-8-18(11-22(19)31)26-27(34-35-29(26)41)20-12-23(32-13-20)28(40)33-24(16-38)17-6-5-7-21(30)10-17/h5-13,24,32,38H,4,14-16H2,1-3H3,(H,33,40)(H2,34,35,41)/t24-/m1/s1. The molecule has 0 aliphatic rings. The Bertz CT molecular complexity index is 1540. The molecule has 0 bridgehead atoms. The summed E-state index contributed by atoms with van der Waals surface area (Å²) in [5.41, 5.74) is 3.76. The van der Waals surface area contributed by atoms with E-state index in [0.29, 0.717) is 51.1 Å². The fraction of sp³-hybridized carbons (Fsp3) is 0.276. The molecule has 0 saturated carbocycles. The number of carbonyl (C=O) groups is 2. The number of aliphatic hydroxyl groups excluding tert-OH is 1. The lowest BCUT2D eigenvalue weighted by molar-refractivity contribution is -0.130. The molecule has 4 rings (SSSR count). The highest BCUT2D eigenvalue weighted by atomic mass is 35.5. The van der Waals surface area contributed by atoms with Gasteiger partial charge in [-0.1, -0.05) is 47.5 Å². The van der Waals surface area contributed by atoms with Gasteiger partial charge >= 0.3 is 0 Å². The van der Waals surface area contributed by atoms with Gasteiger partial charge in [-0.05, 0) is 54.9 Å². The first-order valence-corrected chi connectivity index (χ1v) is 13.7. The number of aromatic hydroxyl groups is 1. The van der Waals surface area contributed by atoms with E-state index in [4.69, 9.17) is 23.2 Å². The minimum atomic E-state index is -0.650. The van der Waals surface area contributed by atoms with Crippen LogP contribution in [0.15, 0.2) is 54.7 Å². The summed E-state index contributed by atoms with van der Waals surface area (Å²) in [6.45, 7) is 2.97. The average molecular weight is 600 g/mol. The fourth-order valence-electron chi connectivity index (χ4n) is 4.38. The molecule has 2 amide bonds. The highest BCUT2D eigenvalue weighted by Crippen LogP contribution is 2.38. The van der Waals surface area contributed by atoms with Crippen molar-refractivity contribution in [2.24, 2.45) is 0 Å². The Balaban J connectivity index is 1.52. The van der Waals surface area contributed by atoms with Crippen molar-refractivity contribution in [1.29, 1.82) is 0 Å². The molecule has 0 saturated heterocycles. The van der Waals surface area contributed by atoms with Gasteiger partial charge in [-0.15, -0.1) is 0 Å². The highest BCUT2D eigenvalue weighted by Gasteiger charge is 2.22. The van der Waals surface area contributed by atoms with Gasteiger partial charge in [0.05, 0.1) is 24.8 Å². The van der Waals surface area contributed by atoms with Gasteiger partial charge in [0.1, 0.15) is 11.4 Å². The van der Waals surface area contributed by atoms with Gasteiger partial charge < -0.3 is 25.4 Å². The number of amides is 2. The van der Waals surface area contributed by atoms with Gasteiger partial charge in [-0.2, -0.15) is 5.10 Å².